The molecule has 1 N–H and O–H groups in total. The molecule has 2 amide bonds. The first-order valence-corrected chi connectivity index (χ1v) is 12.8. The van der Waals surface area contributed by atoms with Crippen molar-refractivity contribution in [3.8, 4) is 17.2 Å². The van der Waals surface area contributed by atoms with Gasteiger partial charge in [-0.05, 0) is 61.2 Å². The van der Waals surface area contributed by atoms with E-state index in [0.29, 0.717) is 48.8 Å². The van der Waals surface area contributed by atoms with E-state index in [1.54, 1.807) is 29.2 Å². The number of amides is 2. The molecule has 0 bridgehead atoms. The summed E-state index contributed by atoms with van der Waals surface area (Å²) in [4.78, 5) is 40.3. The van der Waals surface area contributed by atoms with Gasteiger partial charge in [0.2, 0.25) is 5.91 Å². The maximum atomic E-state index is 14.1. The quantitative estimate of drug-likeness (QED) is 0.325. The monoisotopic (exact) mass is 531 g/mol. The lowest BCUT2D eigenvalue weighted by atomic mass is 9.75. The number of ether oxygens (including phenoxy) is 3. The van der Waals surface area contributed by atoms with Crippen LogP contribution in [-0.4, -0.2) is 48.5 Å². The van der Waals surface area contributed by atoms with E-state index in [2.05, 4.69) is 5.32 Å². The molecule has 2 aliphatic rings. The first-order valence-electron chi connectivity index (χ1n) is 12.8. The zero-order chi connectivity index (χ0) is 27.7. The topological polar surface area (TPSA) is 120 Å². The Morgan fingerprint density at radius 3 is 2.44 bits per heavy atom. The van der Waals surface area contributed by atoms with Crippen molar-refractivity contribution in [1.82, 2.24) is 4.90 Å². The lowest BCUT2D eigenvalue weighted by Crippen LogP contribution is -2.49. The summed E-state index contributed by atoms with van der Waals surface area (Å²) in [6, 6.07) is 14.3. The van der Waals surface area contributed by atoms with Crippen LogP contribution in [0.1, 0.15) is 52.9 Å². The number of methoxy groups -OCH3 is 1. The molecule has 3 aromatic carbocycles. The van der Waals surface area contributed by atoms with Crippen molar-refractivity contribution in [3.05, 3.63) is 87.0 Å². The molecule has 39 heavy (non-hydrogen) atoms. The largest absolute Gasteiger partial charge is 0.495 e. The number of benzene rings is 3. The Labute approximate surface area is 225 Å². The van der Waals surface area contributed by atoms with Gasteiger partial charge in [0.25, 0.3) is 11.6 Å². The summed E-state index contributed by atoms with van der Waals surface area (Å²) in [6.45, 7) is 5.09. The average molecular weight is 532 g/mol. The van der Waals surface area contributed by atoms with Gasteiger partial charge in [-0.15, -0.1) is 0 Å². The summed E-state index contributed by atoms with van der Waals surface area (Å²) in [5.74, 6) is 0.0973. The summed E-state index contributed by atoms with van der Waals surface area (Å²) < 4.78 is 17.1. The Balaban J connectivity index is 1.64. The molecule has 0 fully saturated rings. The number of carbonyl (C=O) groups is 2. The van der Waals surface area contributed by atoms with Crippen LogP contribution in [0.5, 0.6) is 17.2 Å². The second-order valence-corrected chi connectivity index (χ2v) is 9.25. The molecule has 0 saturated carbocycles. The molecular weight excluding hydrogens is 502 g/mol. The minimum absolute atomic E-state index is 0.148. The third kappa shape index (κ3) is 4.62. The van der Waals surface area contributed by atoms with Crippen molar-refractivity contribution in [3.63, 3.8) is 0 Å². The van der Waals surface area contributed by atoms with Crippen molar-refractivity contribution in [1.29, 1.82) is 0 Å². The zero-order valence-corrected chi connectivity index (χ0v) is 21.9. The highest BCUT2D eigenvalue weighted by atomic mass is 16.6. The fourth-order valence-corrected chi connectivity index (χ4v) is 5.47. The lowest BCUT2D eigenvalue weighted by molar-refractivity contribution is -0.384. The number of fused-ring (bicyclic) bond motifs is 4. The van der Waals surface area contributed by atoms with Crippen LogP contribution in [0.3, 0.4) is 0 Å². The Kier molecular flexibility index (Phi) is 7.10. The molecule has 202 valence electrons. The molecule has 0 radical (unpaired) electrons. The predicted octanol–water partition coefficient (Wildman–Crippen LogP) is 4.88. The number of carbonyl (C=O) groups excluding carboxylic acids is 2. The molecule has 0 aromatic heterocycles. The van der Waals surface area contributed by atoms with E-state index < -0.39 is 22.8 Å². The van der Waals surface area contributed by atoms with E-state index in [4.69, 9.17) is 14.2 Å². The van der Waals surface area contributed by atoms with Gasteiger partial charge >= 0.3 is 0 Å². The van der Waals surface area contributed by atoms with Gasteiger partial charge in [0.15, 0.2) is 11.5 Å². The van der Waals surface area contributed by atoms with Crippen molar-refractivity contribution in [2.45, 2.75) is 32.2 Å². The predicted molar refractivity (Wildman–Crippen MR) is 144 cm³/mol. The van der Waals surface area contributed by atoms with Gasteiger partial charge in [-0.1, -0.05) is 18.2 Å². The van der Waals surface area contributed by atoms with Crippen LogP contribution in [-0.2, 0) is 11.2 Å². The second kappa shape index (κ2) is 10.6. The molecule has 10 nitrogen and oxygen atoms in total. The third-order valence-electron chi connectivity index (χ3n) is 7.12. The van der Waals surface area contributed by atoms with E-state index in [1.165, 1.54) is 25.3 Å². The molecule has 0 unspecified atom stereocenters. The van der Waals surface area contributed by atoms with Crippen LogP contribution in [0.2, 0.25) is 0 Å². The van der Waals surface area contributed by atoms with Crippen LogP contribution in [0.15, 0.2) is 54.6 Å². The highest BCUT2D eigenvalue weighted by Crippen LogP contribution is 2.49. The van der Waals surface area contributed by atoms with Gasteiger partial charge in [-0.25, -0.2) is 0 Å². The normalized spacial score (nSPS) is 17.4. The molecule has 3 aromatic rings. The maximum Gasteiger partial charge on any atom is 0.271 e. The van der Waals surface area contributed by atoms with E-state index in [1.807, 2.05) is 26.0 Å². The number of hydrogen-bond donors (Lipinski definition) is 1. The number of rotatable bonds is 8. The molecule has 2 aliphatic heterocycles. The number of nitro groups is 1. The lowest BCUT2D eigenvalue weighted by Gasteiger charge is -2.45. The number of nitro benzene ring substituents is 1. The number of nitrogens with one attached hydrogen (secondary N) is 1. The van der Waals surface area contributed by atoms with Crippen LogP contribution in [0, 0.1) is 10.1 Å². The maximum absolute atomic E-state index is 14.1. The number of hydrogen-bond acceptors (Lipinski definition) is 7. The molecular formula is C29H29N3O7. The molecule has 0 saturated heterocycles. The van der Waals surface area contributed by atoms with Crippen molar-refractivity contribution in [2.24, 2.45) is 0 Å². The van der Waals surface area contributed by atoms with Crippen LogP contribution >= 0.6 is 0 Å². The van der Waals surface area contributed by atoms with E-state index in [-0.39, 0.29) is 23.0 Å². The standard InChI is InChI=1S/C29H29N3O7/c1-4-38-24-14-17-12-13-31-27(21(17)16-25(24)39-5-2)26(19-8-6-7-9-20(19)29(31)34)28(33)30-22-15-18(32(35)36)10-11-23(22)37-3/h6-11,14-16,26-27H,4-5,12-13H2,1-3H3,(H,30,33)/t26-,27+/m0/s1. The van der Waals surface area contributed by atoms with Gasteiger partial charge in [0, 0.05) is 24.2 Å². The number of anilines is 1. The fraction of sp³-hybridized carbons (Fsp3) is 0.310. The van der Waals surface area contributed by atoms with Crippen molar-refractivity contribution in [2.75, 3.05) is 32.2 Å². The Morgan fingerprint density at radius 2 is 1.74 bits per heavy atom. The zero-order valence-electron chi connectivity index (χ0n) is 21.9. The SMILES string of the molecule is CCOc1cc2c(cc1OCC)[C@@H]1[C@@H](C(=O)Nc3cc([N+](=O)[O-])ccc3OC)c3ccccc3C(=O)N1CC2. The van der Waals surface area contributed by atoms with Crippen LogP contribution in [0.25, 0.3) is 0 Å². The molecule has 5 rings (SSSR count). The van der Waals surface area contributed by atoms with E-state index in [9.17, 15) is 19.7 Å². The molecule has 2 atom stereocenters. The van der Waals surface area contributed by atoms with Gasteiger partial charge < -0.3 is 24.4 Å². The van der Waals surface area contributed by atoms with Crippen LogP contribution < -0.4 is 19.5 Å². The minimum atomic E-state index is -0.797. The van der Waals surface area contributed by atoms with Gasteiger partial charge in [-0.2, -0.15) is 0 Å². The average Bonchev–Trinajstić information content (AvgIpc) is 2.93. The number of nitrogens with zero attached hydrogens (tertiary/aromatic N) is 2. The van der Waals surface area contributed by atoms with Crippen molar-refractivity contribution < 1.29 is 28.7 Å². The summed E-state index contributed by atoms with van der Waals surface area (Å²) in [7, 11) is 1.43. The molecule has 10 heteroatoms. The van der Waals surface area contributed by atoms with Gasteiger partial charge in [0.05, 0.1) is 42.9 Å². The second-order valence-electron chi connectivity index (χ2n) is 9.25. The highest BCUT2D eigenvalue weighted by molar-refractivity contribution is 6.05. The van der Waals surface area contributed by atoms with E-state index in [0.717, 1.165) is 11.1 Å². The molecule has 0 spiro atoms. The summed E-state index contributed by atoms with van der Waals surface area (Å²) in [5, 5.41) is 14.3. The fourth-order valence-electron chi connectivity index (χ4n) is 5.47. The van der Waals surface area contributed by atoms with E-state index >= 15 is 0 Å². The third-order valence-corrected chi connectivity index (χ3v) is 7.12. The summed E-state index contributed by atoms with van der Waals surface area (Å²) in [6.07, 6.45) is 0.596. The smallest absolute Gasteiger partial charge is 0.271 e. The molecule has 2 heterocycles. The Morgan fingerprint density at radius 1 is 1.03 bits per heavy atom. The first kappa shape index (κ1) is 26.0. The number of non-ortho nitro benzene ring substituents is 1. The first-order chi connectivity index (χ1) is 18.9. The Bertz CT molecular complexity index is 1450. The minimum Gasteiger partial charge on any atom is -0.495 e. The molecule has 0 aliphatic carbocycles. The van der Waals surface area contributed by atoms with Gasteiger partial charge in [-0.3, -0.25) is 19.7 Å². The van der Waals surface area contributed by atoms with Gasteiger partial charge in [0.1, 0.15) is 5.75 Å². The van der Waals surface area contributed by atoms with Crippen molar-refractivity contribution >= 4 is 23.2 Å². The summed E-state index contributed by atoms with van der Waals surface area (Å²) >= 11 is 0. The highest BCUT2D eigenvalue weighted by Gasteiger charge is 2.47. The Hall–Kier alpha value is -4.60. The van der Waals surface area contributed by atoms with Crippen LogP contribution in [0.4, 0.5) is 11.4 Å². The summed E-state index contributed by atoms with van der Waals surface area (Å²) in [5.41, 5.74) is 2.82.